The first-order valence-corrected chi connectivity index (χ1v) is 9.01. The molecule has 1 aromatic heterocycles. The third-order valence-corrected chi connectivity index (χ3v) is 5.64. The molecule has 1 aromatic carbocycles. The lowest BCUT2D eigenvalue weighted by Gasteiger charge is -2.50. The Bertz CT molecular complexity index is 865. The van der Waals surface area contributed by atoms with Crippen LogP contribution in [-0.4, -0.2) is 52.7 Å². The molecule has 5 heterocycles. The van der Waals surface area contributed by atoms with Gasteiger partial charge in [0.25, 0.3) is 6.02 Å². The molecule has 1 N–H and O–H groups in total. The molecule has 1 atom stereocenters. The van der Waals surface area contributed by atoms with Crippen molar-refractivity contribution in [1.29, 1.82) is 0 Å². The maximum Gasteiger partial charge on any atom is 0.291 e. The van der Waals surface area contributed by atoms with Gasteiger partial charge in [0.2, 0.25) is 0 Å². The van der Waals surface area contributed by atoms with Crippen LogP contribution in [-0.2, 0) is 4.74 Å². The Morgan fingerprint density at radius 1 is 1.19 bits per heavy atom. The minimum Gasteiger partial charge on any atom is -0.455 e. The predicted octanol–water partition coefficient (Wildman–Crippen LogP) is 2.55. The average Bonchev–Trinajstić information content (AvgIpc) is 3.05. The van der Waals surface area contributed by atoms with Crippen LogP contribution < -0.4 is 5.32 Å². The molecule has 4 aliphatic heterocycles. The van der Waals surface area contributed by atoms with Gasteiger partial charge < -0.3 is 4.74 Å². The fourth-order valence-electron chi connectivity index (χ4n) is 4.29. The maximum atomic E-state index is 13.5. The van der Waals surface area contributed by atoms with Crippen molar-refractivity contribution in [3.8, 4) is 11.3 Å². The van der Waals surface area contributed by atoms with Crippen LogP contribution in [0.15, 0.2) is 41.7 Å². The molecule has 26 heavy (non-hydrogen) atoms. The third-order valence-electron chi connectivity index (χ3n) is 5.64. The molecule has 6 nitrogen and oxygen atoms in total. The first-order valence-electron chi connectivity index (χ1n) is 9.01. The van der Waals surface area contributed by atoms with Gasteiger partial charge in [-0.2, -0.15) is 0 Å². The van der Waals surface area contributed by atoms with Crippen LogP contribution >= 0.6 is 0 Å². The van der Waals surface area contributed by atoms with Gasteiger partial charge in [-0.15, -0.1) is 0 Å². The molecule has 7 heteroatoms. The number of amidine groups is 1. The van der Waals surface area contributed by atoms with E-state index in [1.54, 1.807) is 12.1 Å². The number of aromatic nitrogens is 2. The van der Waals surface area contributed by atoms with E-state index in [-0.39, 0.29) is 11.4 Å². The van der Waals surface area contributed by atoms with Crippen molar-refractivity contribution in [3.63, 3.8) is 0 Å². The quantitative estimate of drug-likeness (QED) is 0.899. The van der Waals surface area contributed by atoms with Crippen LogP contribution in [0.5, 0.6) is 0 Å². The van der Waals surface area contributed by atoms with E-state index in [4.69, 9.17) is 4.74 Å². The highest BCUT2D eigenvalue weighted by Gasteiger charge is 2.51. The number of nitrogens with zero attached hydrogens (tertiary/aromatic N) is 4. The molecule has 0 amide bonds. The number of nitrogens with one attached hydrogen (secondary N) is 1. The number of hydrogen-bond donors (Lipinski definition) is 1. The molecule has 0 radical (unpaired) electrons. The summed E-state index contributed by atoms with van der Waals surface area (Å²) in [5.41, 5.74) is 1.17. The number of halogens is 1. The van der Waals surface area contributed by atoms with E-state index in [2.05, 4.69) is 25.2 Å². The molecular formula is C19H20FN5O. The predicted molar refractivity (Wildman–Crippen MR) is 96.3 cm³/mol. The zero-order chi connectivity index (χ0) is 17.6. The fourth-order valence-corrected chi connectivity index (χ4v) is 4.29. The standard InChI is InChI=1S/C19H20FN5O/c20-15-3-1-2-13(8-15)16-9-17(23-12-22-16)24-18-21-10-19(26-18)11-25-6-4-14(19)5-7-25/h1-3,8-9,12,14H,4-7,10-11H2,(H,21,22,23,24)/t19-/m0/s1. The highest BCUT2D eigenvalue weighted by atomic mass is 19.1. The Morgan fingerprint density at radius 2 is 2.08 bits per heavy atom. The fraction of sp³-hybridized carbons (Fsp3) is 0.421. The van der Waals surface area contributed by atoms with Crippen LogP contribution in [0.25, 0.3) is 11.3 Å². The second kappa shape index (κ2) is 6.02. The van der Waals surface area contributed by atoms with E-state index in [1.165, 1.54) is 44.4 Å². The van der Waals surface area contributed by atoms with Crippen LogP contribution in [0.3, 0.4) is 0 Å². The lowest BCUT2D eigenvalue weighted by molar-refractivity contribution is -0.0829. The molecule has 6 rings (SSSR count). The second-order valence-electron chi connectivity index (χ2n) is 7.26. The summed E-state index contributed by atoms with van der Waals surface area (Å²) in [6.45, 7) is 3.98. The van der Waals surface area contributed by atoms with Crippen molar-refractivity contribution in [1.82, 2.24) is 14.9 Å². The van der Waals surface area contributed by atoms with Gasteiger partial charge in [-0.3, -0.25) is 10.2 Å². The van der Waals surface area contributed by atoms with Gasteiger partial charge in [-0.25, -0.2) is 19.4 Å². The zero-order valence-electron chi connectivity index (χ0n) is 14.4. The number of fused-ring (bicyclic) bond motifs is 2. The third kappa shape index (κ3) is 2.72. The van der Waals surface area contributed by atoms with Crippen molar-refractivity contribution in [3.05, 3.63) is 42.5 Å². The number of piperidine rings is 3. The van der Waals surface area contributed by atoms with E-state index >= 15 is 0 Å². The number of hydrogen-bond acceptors (Lipinski definition) is 6. The number of benzene rings is 1. The molecule has 2 bridgehead atoms. The van der Waals surface area contributed by atoms with Crippen molar-refractivity contribution < 1.29 is 9.13 Å². The molecule has 1 spiro atoms. The minimum absolute atomic E-state index is 0.183. The molecule has 2 aromatic rings. The van der Waals surface area contributed by atoms with Crippen molar-refractivity contribution in [2.75, 3.05) is 31.5 Å². The SMILES string of the molecule is Fc1cccc(-c2cc(NC3=NC[C@@]4(CN5CCC4CC5)O3)ncn2)c1. The van der Waals surface area contributed by atoms with Crippen LogP contribution in [0.2, 0.25) is 0 Å². The van der Waals surface area contributed by atoms with Gasteiger partial charge >= 0.3 is 0 Å². The van der Waals surface area contributed by atoms with Gasteiger partial charge in [0, 0.05) is 24.1 Å². The normalized spacial score (nSPS) is 29.5. The molecule has 0 unspecified atom stereocenters. The van der Waals surface area contributed by atoms with E-state index in [1.807, 2.05) is 6.07 Å². The first kappa shape index (κ1) is 15.7. The van der Waals surface area contributed by atoms with Gasteiger partial charge in [0.1, 0.15) is 23.6 Å². The molecule has 4 aliphatic rings. The number of anilines is 1. The summed E-state index contributed by atoms with van der Waals surface area (Å²) in [5, 5.41) is 3.16. The minimum atomic E-state index is -0.289. The summed E-state index contributed by atoms with van der Waals surface area (Å²) in [7, 11) is 0. The Morgan fingerprint density at radius 3 is 2.85 bits per heavy atom. The lowest BCUT2D eigenvalue weighted by atomic mass is 9.75. The second-order valence-corrected chi connectivity index (χ2v) is 7.26. The lowest BCUT2D eigenvalue weighted by Crippen LogP contribution is -2.61. The monoisotopic (exact) mass is 353 g/mol. The van der Waals surface area contributed by atoms with E-state index in [9.17, 15) is 4.39 Å². The molecule has 0 saturated carbocycles. The van der Waals surface area contributed by atoms with Crippen molar-refractivity contribution in [2.45, 2.75) is 18.4 Å². The largest absolute Gasteiger partial charge is 0.455 e. The summed E-state index contributed by atoms with van der Waals surface area (Å²) in [6, 6.07) is 8.66. The molecule has 134 valence electrons. The summed E-state index contributed by atoms with van der Waals surface area (Å²) in [5.74, 6) is 0.878. The first-order chi connectivity index (χ1) is 12.7. The van der Waals surface area contributed by atoms with Gasteiger partial charge in [-0.1, -0.05) is 12.1 Å². The van der Waals surface area contributed by atoms with E-state index < -0.39 is 0 Å². The van der Waals surface area contributed by atoms with Gasteiger partial charge in [0.15, 0.2) is 0 Å². The summed E-state index contributed by atoms with van der Waals surface area (Å²) >= 11 is 0. The molecule has 3 fully saturated rings. The Hall–Kier alpha value is -2.54. The van der Waals surface area contributed by atoms with E-state index in [0.717, 1.165) is 6.54 Å². The topological polar surface area (TPSA) is 62.6 Å². The summed E-state index contributed by atoms with van der Waals surface area (Å²) in [6.07, 6.45) is 3.82. The summed E-state index contributed by atoms with van der Waals surface area (Å²) < 4.78 is 19.7. The highest BCUT2D eigenvalue weighted by molar-refractivity contribution is 5.90. The molecule has 3 saturated heterocycles. The van der Waals surface area contributed by atoms with E-state index in [0.29, 0.717) is 35.6 Å². The number of ether oxygens (including phenoxy) is 1. The van der Waals surface area contributed by atoms with Crippen LogP contribution in [0.1, 0.15) is 12.8 Å². The van der Waals surface area contributed by atoms with Crippen molar-refractivity contribution in [2.24, 2.45) is 10.9 Å². The van der Waals surface area contributed by atoms with Crippen LogP contribution in [0.4, 0.5) is 10.2 Å². The zero-order valence-corrected chi connectivity index (χ0v) is 14.4. The Labute approximate surface area is 151 Å². The smallest absolute Gasteiger partial charge is 0.291 e. The van der Waals surface area contributed by atoms with Gasteiger partial charge in [-0.05, 0) is 38.1 Å². The average molecular weight is 353 g/mol. The molecule has 0 aliphatic carbocycles. The maximum absolute atomic E-state index is 13.5. The molecular weight excluding hydrogens is 333 g/mol. The van der Waals surface area contributed by atoms with Gasteiger partial charge in [0.05, 0.1) is 12.2 Å². The van der Waals surface area contributed by atoms with Crippen LogP contribution in [0, 0.1) is 11.7 Å². The summed E-state index contributed by atoms with van der Waals surface area (Å²) in [4.78, 5) is 15.5. The van der Waals surface area contributed by atoms with Crippen molar-refractivity contribution >= 4 is 11.8 Å². The number of aliphatic imine (C=N–C) groups is 1. The Kier molecular flexibility index (Phi) is 3.63. The highest BCUT2D eigenvalue weighted by Crippen LogP contribution is 2.40. The Balaban J connectivity index is 1.32. The number of rotatable bonds is 2.